The van der Waals surface area contributed by atoms with Gasteiger partial charge in [-0.1, -0.05) is 20.8 Å². The lowest BCUT2D eigenvalue weighted by atomic mass is 9.44. The predicted molar refractivity (Wildman–Crippen MR) is 124 cm³/mol. The van der Waals surface area contributed by atoms with Gasteiger partial charge in [0, 0.05) is 6.42 Å². The second-order valence-electron chi connectivity index (χ2n) is 13.2. The van der Waals surface area contributed by atoms with Crippen LogP contribution >= 0.6 is 0 Å². The Morgan fingerprint density at radius 1 is 0.967 bits per heavy atom. The van der Waals surface area contributed by atoms with E-state index in [0.717, 1.165) is 48.7 Å². The zero-order valence-electron chi connectivity index (χ0n) is 20.7. The predicted octanol–water partition coefficient (Wildman–Crippen LogP) is 7.44. The Bertz CT molecular complexity index is 621. The van der Waals surface area contributed by atoms with Gasteiger partial charge in [-0.3, -0.25) is 0 Å². The Labute approximate surface area is 186 Å². The van der Waals surface area contributed by atoms with Gasteiger partial charge in [-0.2, -0.15) is 0 Å². The highest BCUT2D eigenvalue weighted by Crippen LogP contribution is 2.68. The van der Waals surface area contributed by atoms with Gasteiger partial charge < -0.3 is 9.53 Å². The minimum absolute atomic E-state index is 0.0122. The fourth-order valence-electron chi connectivity index (χ4n) is 9.33. The van der Waals surface area contributed by atoms with Crippen LogP contribution in [0.15, 0.2) is 0 Å². The maximum absolute atomic E-state index is 10.9. The van der Waals surface area contributed by atoms with Crippen LogP contribution in [0.2, 0.25) is 0 Å². The van der Waals surface area contributed by atoms with Crippen molar-refractivity contribution >= 4 is 6.29 Å². The maximum atomic E-state index is 10.9. The van der Waals surface area contributed by atoms with Crippen LogP contribution < -0.4 is 0 Å². The van der Waals surface area contributed by atoms with E-state index >= 15 is 0 Å². The first-order valence-corrected chi connectivity index (χ1v) is 13.2. The maximum Gasteiger partial charge on any atom is 0.120 e. The van der Waals surface area contributed by atoms with E-state index in [1.165, 1.54) is 57.8 Å². The lowest BCUT2D eigenvalue weighted by Gasteiger charge is -2.61. The van der Waals surface area contributed by atoms with Crippen molar-refractivity contribution in [3.63, 3.8) is 0 Å². The van der Waals surface area contributed by atoms with Gasteiger partial charge in [0.1, 0.15) is 6.29 Å². The molecule has 0 aliphatic heterocycles. The lowest BCUT2D eigenvalue weighted by Crippen LogP contribution is -2.54. The smallest absolute Gasteiger partial charge is 0.120 e. The summed E-state index contributed by atoms with van der Waals surface area (Å²) in [6, 6.07) is 0. The minimum atomic E-state index is -0.0122. The number of ether oxygens (including phenoxy) is 1. The van der Waals surface area contributed by atoms with Crippen LogP contribution in [0.1, 0.15) is 112 Å². The van der Waals surface area contributed by atoms with Crippen LogP contribution in [0, 0.1) is 46.3 Å². The van der Waals surface area contributed by atoms with Gasteiger partial charge in [-0.25, -0.2) is 0 Å². The third-order valence-corrected chi connectivity index (χ3v) is 10.6. The fourth-order valence-corrected chi connectivity index (χ4v) is 9.33. The van der Waals surface area contributed by atoms with E-state index in [1.54, 1.807) is 0 Å². The van der Waals surface area contributed by atoms with E-state index in [1.807, 2.05) is 0 Å². The van der Waals surface area contributed by atoms with Gasteiger partial charge in [-0.15, -0.1) is 0 Å². The number of carbonyl (C=O) groups excluding carboxylic acids is 1. The number of rotatable bonds is 5. The molecule has 0 radical (unpaired) electrons. The summed E-state index contributed by atoms with van der Waals surface area (Å²) in [5.41, 5.74) is 1.06. The van der Waals surface area contributed by atoms with Crippen molar-refractivity contribution in [2.75, 3.05) is 0 Å². The van der Waals surface area contributed by atoms with Crippen molar-refractivity contribution in [3.8, 4) is 0 Å². The summed E-state index contributed by atoms with van der Waals surface area (Å²) < 4.78 is 6.44. The number of hydrogen-bond acceptors (Lipinski definition) is 2. The summed E-state index contributed by atoms with van der Waals surface area (Å²) in [4.78, 5) is 10.9. The molecule has 0 unspecified atom stereocenters. The SMILES string of the molecule is C[C@H](CCC=O)[C@H]1CC[C@H]2[C@@H]3CC[C@@H]4C[C@H](OC(C)(C)C)CC[C@]4(C)[C@H]3CC[C@]12C. The Balaban J connectivity index is 1.47. The molecule has 0 amide bonds. The average Bonchev–Trinajstić information content (AvgIpc) is 3.02. The van der Waals surface area contributed by atoms with Crippen molar-refractivity contribution in [3.05, 3.63) is 0 Å². The molecule has 9 atom stereocenters. The quantitative estimate of drug-likeness (QED) is 0.435. The van der Waals surface area contributed by atoms with Gasteiger partial charge in [-0.05, 0) is 131 Å². The third kappa shape index (κ3) is 3.93. The first-order chi connectivity index (χ1) is 14.1. The molecule has 2 heteroatoms. The highest BCUT2D eigenvalue weighted by Gasteiger charge is 2.60. The number of fused-ring (bicyclic) bond motifs is 5. The highest BCUT2D eigenvalue weighted by atomic mass is 16.5. The van der Waals surface area contributed by atoms with Crippen LogP contribution in [0.3, 0.4) is 0 Å². The van der Waals surface area contributed by atoms with Crippen molar-refractivity contribution in [1.29, 1.82) is 0 Å². The molecule has 0 bridgehead atoms. The molecular weight excluding hydrogens is 368 g/mol. The van der Waals surface area contributed by atoms with Crippen molar-refractivity contribution in [2.24, 2.45) is 46.3 Å². The van der Waals surface area contributed by atoms with Crippen LogP contribution in [0.4, 0.5) is 0 Å². The van der Waals surface area contributed by atoms with Crippen LogP contribution in [-0.2, 0) is 9.53 Å². The van der Waals surface area contributed by atoms with Crippen molar-refractivity contribution < 1.29 is 9.53 Å². The Kier molecular flexibility index (Phi) is 6.23. The van der Waals surface area contributed by atoms with Gasteiger partial charge in [0.25, 0.3) is 0 Å². The van der Waals surface area contributed by atoms with E-state index in [0.29, 0.717) is 22.9 Å². The van der Waals surface area contributed by atoms with Gasteiger partial charge in [0.15, 0.2) is 0 Å². The molecule has 0 aromatic carbocycles. The molecule has 4 saturated carbocycles. The van der Waals surface area contributed by atoms with Crippen LogP contribution in [-0.4, -0.2) is 18.0 Å². The molecule has 0 aromatic rings. The molecule has 4 aliphatic carbocycles. The fraction of sp³-hybridized carbons (Fsp3) is 0.964. The monoisotopic (exact) mass is 416 g/mol. The molecule has 0 N–H and O–H groups in total. The van der Waals surface area contributed by atoms with E-state index in [9.17, 15) is 4.79 Å². The van der Waals surface area contributed by atoms with E-state index in [4.69, 9.17) is 4.74 Å². The number of carbonyl (C=O) groups is 1. The molecule has 4 rings (SSSR count). The standard InChI is InChI=1S/C28H48O2/c1-19(8-7-17-29)23-11-12-24-22-10-9-20-18-21(30-26(2,3)4)13-15-27(20,5)25(22)14-16-28(23,24)6/h17,19-25H,7-16,18H2,1-6H3/t19-,20-,21-,22+,23-,24+,25+,27+,28-/m1/s1. The van der Waals surface area contributed by atoms with Gasteiger partial charge in [0.2, 0.25) is 0 Å². The van der Waals surface area contributed by atoms with E-state index in [2.05, 4.69) is 41.5 Å². The Morgan fingerprint density at radius 3 is 2.37 bits per heavy atom. The zero-order valence-corrected chi connectivity index (χ0v) is 20.7. The summed E-state index contributed by atoms with van der Waals surface area (Å²) in [7, 11) is 0. The summed E-state index contributed by atoms with van der Waals surface area (Å²) >= 11 is 0. The second kappa shape index (κ2) is 8.20. The normalized spacial score (nSPS) is 47.1. The minimum Gasteiger partial charge on any atom is -0.373 e. The zero-order chi connectivity index (χ0) is 21.7. The van der Waals surface area contributed by atoms with E-state index < -0.39 is 0 Å². The molecule has 0 heterocycles. The topological polar surface area (TPSA) is 26.3 Å². The summed E-state index contributed by atoms with van der Waals surface area (Å²) in [6.07, 6.45) is 16.0. The Morgan fingerprint density at radius 2 is 1.67 bits per heavy atom. The van der Waals surface area contributed by atoms with Crippen molar-refractivity contribution in [1.82, 2.24) is 0 Å². The highest BCUT2D eigenvalue weighted by molar-refractivity contribution is 5.49. The van der Waals surface area contributed by atoms with Gasteiger partial charge >= 0.3 is 0 Å². The molecule has 30 heavy (non-hydrogen) atoms. The Hall–Kier alpha value is -0.370. The summed E-state index contributed by atoms with van der Waals surface area (Å²) in [5, 5.41) is 0. The molecule has 4 aliphatic rings. The van der Waals surface area contributed by atoms with Gasteiger partial charge in [0.05, 0.1) is 11.7 Å². The largest absolute Gasteiger partial charge is 0.373 e. The first kappa shape index (κ1) is 22.8. The summed E-state index contributed by atoms with van der Waals surface area (Å²) in [5.74, 6) is 5.24. The average molecular weight is 417 g/mol. The van der Waals surface area contributed by atoms with Crippen LogP contribution in [0.5, 0.6) is 0 Å². The summed E-state index contributed by atoms with van der Waals surface area (Å²) in [6.45, 7) is 14.4. The first-order valence-electron chi connectivity index (χ1n) is 13.2. The van der Waals surface area contributed by atoms with Crippen LogP contribution in [0.25, 0.3) is 0 Å². The molecule has 172 valence electrons. The second-order valence-corrected chi connectivity index (χ2v) is 13.2. The number of hydrogen-bond donors (Lipinski definition) is 0. The van der Waals surface area contributed by atoms with Crippen molar-refractivity contribution in [2.45, 2.75) is 124 Å². The molecule has 4 fully saturated rings. The third-order valence-electron chi connectivity index (χ3n) is 10.6. The molecule has 0 spiro atoms. The van der Waals surface area contributed by atoms with E-state index in [-0.39, 0.29) is 5.60 Å². The molecule has 0 aromatic heterocycles. The molecule has 2 nitrogen and oxygen atoms in total. The lowest BCUT2D eigenvalue weighted by molar-refractivity contribution is -0.155. The molecular formula is C28H48O2. The number of aldehydes is 1. The molecule has 0 saturated heterocycles.